The molecule has 6 nitrogen and oxygen atoms in total. The minimum absolute atomic E-state index is 0.0613. The third-order valence-corrected chi connectivity index (χ3v) is 5.55. The maximum atomic E-state index is 13.0. The average Bonchev–Trinajstić information content (AvgIpc) is 3.40. The molecule has 0 unspecified atom stereocenters. The Balaban J connectivity index is 0.000000454. The third kappa shape index (κ3) is 6.09. The van der Waals surface area contributed by atoms with E-state index in [1.165, 1.54) is 32.0 Å². The SMILES string of the molecule is CCCCCC.CCOC(=O)Cn1cnc(NC(=O)C2c3ccccc3-c3ccccc32)c1. The molecule has 1 aliphatic rings. The second-order valence-corrected chi connectivity index (χ2v) is 8.04. The Hall–Kier alpha value is -3.41. The molecule has 33 heavy (non-hydrogen) atoms. The molecule has 1 N–H and O–H groups in total. The molecule has 2 aromatic carbocycles. The summed E-state index contributed by atoms with van der Waals surface area (Å²) in [4.78, 5) is 28.8. The number of rotatable bonds is 8. The van der Waals surface area contributed by atoms with Gasteiger partial charge in [-0.05, 0) is 29.2 Å². The lowest BCUT2D eigenvalue weighted by Gasteiger charge is -2.12. The summed E-state index contributed by atoms with van der Waals surface area (Å²) in [6.45, 7) is 6.61. The average molecular weight is 448 g/mol. The number of amides is 1. The van der Waals surface area contributed by atoms with Crippen molar-refractivity contribution in [1.82, 2.24) is 9.55 Å². The van der Waals surface area contributed by atoms with Crippen molar-refractivity contribution in [3.05, 3.63) is 72.2 Å². The molecule has 0 radical (unpaired) electrons. The van der Waals surface area contributed by atoms with Gasteiger partial charge < -0.3 is 14.6 Å². The summed E-state index contributed by atoms with van der Waals surface area (Å²) >= 11 is 0. The van der Waals surface area contributed by atoms with Gasteiger partial charge in [0, 0.05) is 6.20 Å². The number of aromatic nitrogens is 2. The van der Waals surface area contributed by atoms with Crippen molar-refractivity contribution < 1.29 is 14.3 Å². The highest BCUT2D eigenvalue weighted by Gasteiger charge is 2.33. The van der Waals surface area contributed by atoms with Crippen LogP contribution in [-0.4, -0.2) is 28.0 Å². The van der Waals surface area contributed by atoms with Gasteiger partial charge in [0.2, 0.25) is 5.91 Å². The number of hydrogen-bond acceptors (Lipinski definition) is 4. The second kappa shape index (κ2) is 12.0. The first-order valence-corrected chi connectivity index (χ1v) is 11.7. The Morgan fingerprint density at radius 2 is 1.52 bits per heavy atom. The zero-order valence-corrected chi connectivity index (χ0v) is 19.7. The number of nitrogens with one attached hydrogen (secondary N) is 1. The van der Waals surface area contributed by atoms with E-state index < -0.39 is 0 Å². The highest BCUT2D eigenvalue weighted by molar-refractivity contribution is 6.02. The Morgan fingerprint density at radius 1 is 0.939 bits per heavy atom. The van der Waals surface area contributed by atoms with E-state index in [4.69, 9.17) is 4.74 Å². The lowest BCUT2D eigenvalue weighted by Crippen LogP contribution is -2.20. The number of carbonyl (C=O) groups excluding carboxylic acids is 2. The number of carbonyl (C=O) groups is 2. The first kappa shape index (κ1) is 24.2. The van der Waals surface area contributed by atoms with E-state index >= 15 is 0 Å². The molecule has 1 amide bonds. The van der Waals surface area contributed by atoms with Crippen molar-refractivity contribution in [2.24, 2.45) is 0 Å². The molecule has 0 saturated heterocycles. The molecule has 174 valence electrons. The van der Waals surface area contributed by atoms with Crippen molar-refractivity contribution >= 4 is 17.7 Å². The van der Waals surface area contributed by atoms with Crippen LogP contribution in [0.3, 0.4) is 0 Å². The minimum atomic E-state index is -0.382. The van der Waals surface area contributed by atoms with Gasteiger partial charge in [0.05, 0.1) is 18.9 Å². The van der Waals surface area contributed by atoms with E-state index in [1.807, 2.05) is 48.5 Å². The molecule has 0 saturated carbocycles. The highest BCUT2D eigenvalue weighted by atomic mass is 16.5. The zero-order valence-electron chi connectivity index (χ0n) is 19.7. The monoisotopic (exact) mass is 447 g/mol. The topological polar surface area (TPSA) is 73.2 Å². The number of hydrogen-bond donors (Lipinski definition) is 1. The maximum Gasteiger partial charge on any atom is 0.325 e. The molecule has 0 fully saturated rings. The van der Waals surface area contributed by atoms with Gasteiger partial charge in [-0.3, -0.25) is 9.59 Å². The number of ether oxygens (including phenoxy) is 1. The Bertz CT molecular complexity index is 1020. The van der Waals surface area contributed by atoms with Crippen molar-refractivity contribution in [3.8, 4) is 11.1 Å². The van der Waals surface area contributed by atoms with Gasteiger partial charge in [0.25, 0.3) is 0 Å². The van der Waals surface area contributed by atoms with E-state index in [2.05, 4.69) is 24.1 Å². The number of fused-ring (bicyclic) bond motifs is 3. The molecule has 0 aliphatic heterocycles. The predicted octanol–water partition coefficient (Wildman–Crippen LogP) is 5.78. The molecule has 3 aromatic rings. The molecule has 6 heteroatoms. The quantitative estimate of drug-likeness (QED) is 0.351. The summed E-state index contributed by atoms with van der Waals surface area (Å²) in [7, 11) is 0. The van der Waals surface area contributed by atoms with Crippen LogP contribution in [0, 0.1) is 0 Å². The first-order chi connectivity index (χ1) is 16.1. The van der Waals surface area contributed by atoms with Crippen LogP contribution in [-0.2, 0) is 20.9 Å². The van der Waals surface area contributed by atoms with Crippen LogP contribution in [0.4, 0.5) is 5.82 Å². The Labute approximate surface area is 196 Å². The molecule has 4 rings (SSSR count). The summed E-state index contributed by atoms with van der Waals surface area (Å²) in [5.41, 5.74) is 4.14. The van der Waals surface area contributed by atoms with Gasteiger partial charge >= 0.3 is 5.97 Å². The molecule has 1 heterocycles. The molecule has 1 aliphatic carbocycles. The number of nitrogens with zero attached hydrogens (tertiary/aromatic N) is 2. The van der Waals surface area contributed by atoms with Crippen molar-refractivity contribution in [2.75, 3.05) is 11.9 Å². The number of esters is 1. The molecule has 0 bridgehead atoms. The Morgan fingerprint density at radius 3 is 2.06 bits per heavy atom. The lowest BCUT2D eigenvalue weighted by atomic mass is 9.96. The molecule has 0 atom stereocenters. The van der Waals surface area contributed by atoms with Crippen LogP contribution in [0.1, 0.15) is 63.5 Å². The second-order valence-electron chi connectivity index (χ2n) is 8.04. The summed E-state index contributed by atoms with van der Waals surface area (Å²) in [5, 5.41) is 2.87. The minimum Gasteiger partial charge on any atom is -0.465 e. The van der Waals surface area contributed by atoms with Crippen LogP contribution in [0.5, 0.6) is 0 Å². The lowest BCUT2D eigenvalue weighted by molar-refractivity contribution is -0.143. The first-order valence-electron chi connectivity index (χ1n) is 11.7. The summed E-state index contributed by atoms with van der Waals surface area (Å²) in [6, 6.07) is 15.9. The third-order valence-electron chi connectivity index (χ3n) is 5.55. The fourth-order valence-electron chi connectivity index (χ4n) is 4.00. The van der Waals surface area contributed by atoms with Gasteiger partial charge in [-0.1, -0.05) is 88.1 Å². The van der Waals surface area contributed by atoms with Crippen LogP contribution >= 0.6 is 0 Å². The van der Waals surface area contributed by atoms with E-state index in [0.717, 1.165) is 22.3 Å². The predicted molar refractivity (Wildman–Crippen MR) is 131 cm³/mol. The van der Waals surface area contributed by atoms with Gasteiger partial charge in [-0.25, -0.2) is 4.98 Å². The summed E-state index contributed by atoms with van der Waals surface area (Å²) in [5.74, 6) is -0.459. The number of benzene rings is 2. The maximum absolute atomic E-state index is 13.0. The highest BCUT2D eigenvalue weighted by Crippen LogP contribution is 2.44. The number of unbranched alkanes of at least 4 members (excludes halogenated alkanes) is 3. The van der Waals surface area contributed by atoms with Gasteiger partial charge in [-0.2, -0.15) is 0 Å². The van der Waals surface area contributed by atoms with Crippen LogP contribution in [0.25, 0.3) is 11.1 Å². The Kier molecular flexibility index (Phi) is 8.81. The van der Waals surface area contributed by atoms with Crippen LogP contribution < -0.4 is 5.32 Å². The molecule has 1 aromatic heterocycles. The van der Waals surface area contributed by atoms with Crippen molar-refractivity contribution in [1.29, 1.82) is 0 Å². The number of imidazole rings is 1. The standard InChI is InChI=1S/C21H19N3O3.C6H14/c1-2-27-19(25)12-24-11-18(22-13-24)23-21(26)20-16-9-5-3-7-14(16)15-8-4-6-10-17(15)20;1-3-5-6-4-2/h3-11,13,20H,2,12H2,1H3,(H,23,26);3-6H2,1-2H3. The van der Waals surface area contributed by atoms with Gasteiger partial charge in [-0.15, -0.1) is 0 Å². The van der Waals surface area contributed by atoms with E-state index in [9.17, 15) is 9.59 Å². The summed E-state index contributed by atoms with van der Waals surface area (Å²) < 4.78 is 6.51. The number of anilines is 1. The largest absolute Gasteiger partial charge is 0.465 e. The normalized spacial score (nSPS) is 11.7. The van der Waals surface area contributed by atoms with Crippen LogP contribution in [0.15, 0.2) is 61.1 Å². The molecular weight excluding hydrogens is 414 g/mol. The van der Waals surface area contributed by atoms with Crippen molar-refractivity contribution in [2.45, 2.75) is 58.9 Å². The van der Waals surface area contributed by atoms with E-state index in [1.54, 1.807) is 17.7 Å². The summed E-state index contributed by atoms with van der Waals surface area (Å²) in [6.07, 6.45) is 8.67. The smallest absolute Gasteiger partial charge is 0.325 e. The molecular formula is C27H33N3O3. The van der Waals surface area contributed by atoms with Gasteiger partial charge in [0.1, 0.15) is 6.54 Å². The van der Waals surface area contributed by atoms with E-state index in [-0.39, 0.29) is 24.3 Å². The zero-order chi connectivity index (χ0) is 23.6. The molecule has 0 spiro atoms. The van der Waals surface area contributed by atoms with Gasteiger partial charge in [0.15, 0.2) is 5.82 Å². The fourth-order valence-corrected chi connectivity index (χ4v) is 4.00. The fraction of sp³-hybridized carbons (Fsp3) is 0.370. The van der Waals surface area contributed by atoms with E-state index in [0.29, 0.717) is 12.4 Å². The van der Waals surface area contributed by atoms with Crippen molar-refractivity contribution in [3.63, 3.8) is 0 Å². The van der Waals surface area contributed by atoms with Crippen LogP contribution in [0.2, 0.25) is 0 Å².